The molecule has 1 N–H and O–H groups in total. The van der Waals surface area contributed by atoms with Crippen LogP contribution in [0.3, 0.4) is 0 Å². The zero-order valence-corrected chi connectivity index (χ0v) is 10.7. The average Bonchev–Trinajstić information content (AvgIpc) is 2.57. The van der Waals surface area contributed by atoms with Crippen LogP contribution in [0.4, 0.5) is 0 Å². The van der Waals surface area contributed by atoms with Gasteiger partial charge in [-0.25, -0.2) is 0 Å². The number of hydrogen-bond donors (Lipinski definition) is 1. The van der Waals surface area contributed by atoms with Gasteiger partial charge in [-0.1, -0.05) is 33.6 Å². The van der Waals surface area contributed by atoms with E-state index in [0.29, 0.717) is 5.92 Å². The SMILES string of the molecule is CCCCn1c(CC(C)CC)n[nH]c1=S. The van der Waals surface area contributed by atoms with E-state index >= 15 is 0 Å². The number of nitrogens with zero attached hydrogens (tertiary/aromatic N) is 2. The normalized spacial score (nSPS) is 13.0. The number of aromatic nitrogens is 3. The van der Waals surface area contributed by atoms with Crippen molar-refractivity contribution < 1.29 is 0 Å². The molecule has 0 aliphatic carbocycles. The van der Waals surface area contributed by atoms with Crippen molar-refractivity contribution >= 4 is 12.2 Å². The Morgan fingerprint density at radius 1 is 1.47 bits per heavy atom. The molecular formula is C11H21N3S. The third-order valence-corrected chi connectivity index (χ3v) is 3.11. The van der Waals surface area contributed by atoms with Crippen molar-refractivity contribution in [3.05, 3.63) is 10.6 Å². The second-order valence-corrected chi connectivity index (χ2v) is 4.55. The Balaban J connectivity index is 2.74. The van der Waals surface area contributed by atoms with Crippen LogP contribution in [0.25, 0.3) is 0 Å². The van der Waals surface area contributed by atoms with Gasteiger partial charge in [-0.3, -0.25) is 5.10 Å². The standard InChI is InChI=1S/C11H21N3S/c1-4-6-7-14-10(8-9(3)5-2)12-13-11(14)15/h9H,4-8H2,1-3H3,(H,13,15). The summed E-state index contributed by atoms with van der Waals surface area (Å²) in [4.78, 5) is 0. The molecule has 1 unspecified atom stereocenters. The summed E-state index contributed by atoms with van der Waals surface area (Å²) in [6, 6.07) is 0. The zero-order valence-electron chi connectivity index (χ0n) is 9.92. The molecule has 0 aromatic carbocycles. The topological polar surface area (TPSA) is 33.6 Å². The molecule has 0 aliphatic heterocycles. The molecule has 0 aliphatic rings. The monoisotopic (exact) mass is 227 g/mol. The Bertz CT molecular complexity index is 340. The third kappa shape index (κ3) is 3.45. The van der Waals surface area contributed by atoms with Crippen molar-refractivity contribution in [1.29, 1.82) is 0 Å². The summed E-state index contributed by atoms with van der Waals surface area (Å²) in [5.74, 6) is 1.79. The average molecular weight is 227 g/mol. The lowest BCUT2D eigenvalue weighted by Crippen LogP contribution is -2.08. The highest BCUT2D eigenvalue weighted by Crippen LogP contribution is 2.10. The number of H-pyrrole nitrogens is 1. The molecule has 1 aromatic rings. The fraction of sp³-hybridized carbons (Fsp3) is 0.818. The highest BCUT2D eigenvalue weighted by molar-refractivity contribution is 7.71. The molecule has 0 amide bonds. The summed E-state index contributed by atoms with van der Waals surface area (Å²) < 4.78 is 2.91. The van der Waals surface area contributed by atoms with E-state index in [1.165, 1.54) is 19.3 Å². The quantitative estimate of drug-likeness (QED) is 0.756. The summed E-state index contributed by atoms with van der Waals surface area (Å²) in [7, 11) is 0. The molecule has 1 rings (SSSR count). The van der Waals surface area contributed by atoms with Crippen LogP contribution in [-0.4, -0.2) is 14.8 Å². The maximum atomic E-state index is 5.22. The molecule has 3 nitrogen and oxygen atoms in total. The molecular weight excluding hydrogens is 206 g/mol. The predicted octanol–water partition coefficient (Wildman–Crippen LogP) is 3.33. The van der Waals surface area contributed by atoms with Gasteiger partial charge in [0.1, 0.15) is 5.82 Å². The Morgan fingerprint density at radius 3 is 2.80 bits per heavy atom. The van der Waals surface area contributed by atoms with E-state index in [1.54, 1.807) is 0 Å². The molecule has 0 saturated heterocycles. The van der Waals surface area contributed by atoms with E-state index in [0.717, 1.165) is 23.6 Å². The number of nitrogens with one attached hydrogen (secondary N) is 1. The summed E-state index contributed by atoms with van der Waals surface area (Å²) in [6.45, 7) is 7.65. The van der Waals surface area contributed by atoms with Crippen LogP contribution in [0, 0.1) is 10.7 Å². The second kappa shape index (κ2) is 6.05. The van der Waals surface area contributed by atoms with Crippen LogP contribution >= 0.6 is 12.2 Å². The van der Waals surface area contributed by atoms with E-state index in [1.807, 2.05) is 0 Å². The van der Waals surface area contributed by atoms with Crippen LogP contribution in [0.5, 0.6) is 0 Å². The van der Waals surface area contributed by atoms with Crippen molar-refractivity contribution in [1.82, 2.24) is 14.8 Å². The van der Waals surface area contributed by atoms with E-state index < -0.39 is 0 Å². The molecule has 0 saturated carbocycles. The largest absolute Gasteiger partial charge is 0.304 e. The molecule has 0 fully saturated rings. The summed E-state index contributed by atoms with van der Waals surface area (Å²) in [5, 5.41) is 7.19. The summed E-state index contributed by atoms with van der Waals surface area (Å²) in [6.07, 6.45) is 4.57. The van der Waals surface area contributed by atoms with Crippen molar-refractivity contribution in [2.75, 3.05) is 0 Å². The molecule has 1 heterocycles. The van der Waals surface area contributed by atoms with Gasteiger partial charge in [-0.15, -0.1) is 0 Å². The van der Waals surface area contributed by atoms with Gasteiger partial charge < -0.3 is 4.57 Å². The van der Waals surface area contributed by atoms with Gasteiger partial charge in [-0.05, 0) is 24.6 Å². The molecule has 1 aromatic heterocycles. The minimum absolute atomic E-state index is 0.676. The van der Waals surface area contributed by atoms with E-state index in [4.69, 9.17) is 12.2 Å². The first-order valence-electron chi connectivity index (χ1n) is 5.83. The number of unbranched alkanes of at least 4 members (excludes halogenated alkanes) is 1. The first-order valence-corrected chi connectivity index (χ1v) is 6.23. The van der Waals surface area contributed by atoms with Gasteiger partial charge in [-0.2, -0.15) is 5.10 Å². The van der Waals surface area contributed by atoms with E-state index in [2.05, 4.69) is 35.5 Å². The minimum atomic E-state index is 0.676. The lowest BCUT2D eigenvalue weighted by Gasteiger charge is -2.09. The molecule has 1 atom stereocenters. The van der Waals surface area contributed by atoms with Crippen molar-refractivity contribution in [2.24, 2.45) is 5.92 Å². The molecule has 0 spiro atoms. The fourth-order valence-electron chi connectivity index (χ4n) is 1.51. The van der Waals surface area contributed by atoms with Gasteiger partial charge in [0.05, 0.1) is 0 Å². The van der Waals surface area contributed by atoms with Gasteiger partial charge >= 0.3 is 0 Å². The number of rotatable bonds is 6. The number of aromatic amines is 1. The van der Waals surface area contributed by atoms with Crippen LogP contribution in [0.1, 0.15) is 45.9 Å². The molecule has 15 heavy (non-hydrogen) atoms. The highest BCUT2D eigenvalue weighted by Gasteiger charge is 2.08. The fourth-order valence-corrected chi connectivity index (χ4v) is 1.75. The first-order chi connectivity index (χ1) is 7.19. The lowest BCUT2D eigenvalue weighted by atomic mass is 10.1. The van der Waals surface area contributed by atoms with Gasteiger partial charge in [0, 0.05) is 13.0 Å². The van der Waals surface area contributed by atoms with Crippen LogP contribution < -0.4 is 0 Å². The number of hydrogen-bond acceptors (Lipinski definition) is 2. The van der Waals surface area contributed by atoms with E-state index in [9.17, 15) is 0 Å². The van der Waals surface area contributed by atoms with E-state index in [-0.39, 0.29) is 0 Å². The first kappa shape index (κ1) is 12.4. The van der Waals surface area contributed by atoms with Crippen LogP contribution in [-0.2, 0) is 13.0 Å². The lowest BCUT2D eigenvalue weighted by molar-refractivity contribution is 0.510. The Kier molecular flexibility index (Phi) is 5.02. The Hall–Kier alpha value is -0.640. The van der Waals surface area contributed by atoms with Crippen LogP contribution in [0.2, 0.25) is 0 Å². The summed E-state index contributed by atoms with van der Waals surface area (Å²) in [5.41, 5.74) is 0. The van der Waals surface area contributed by atoms with Crippen LogP contribution in [0.15, 0.2) is 0 Å². The minimum Gasteiger partial charge on any atom is -0.304 e. The highest BCUT2D eigenvalue weighted by atomic mass is 32.1. The van der Waals surface area contributed by atoms with Crippen molar-refractivity contribution in [3.8, 4) is 0 Å². The maximum absolute atomic E-state index is 5.22. The third-order valence-electron chi connectivity index (χ3n) is 2.80. The second-order valence-electron chi connectivity index (χ2n) is 4.17. The van der Waals surface area contributed by atoms with Gasteiger partial charge in [0.15, 0.2) is 4.77 Å². The Labute approximate surface area is 96.9 Å². The maximum Gasteiger partial charge on any atom is 0.195 e. The molecule has 0 bridgehead atoms. The van der Waals surface area contributed by atoms with Crippen molar-refractivity contribution in [2.45, 2.75) is 53.0 Å². The molecule has 0 radical (unpaired) electrons. The van der Waals surface area contributed by atoms with Gasteiger partial charge in [0.25, 0.3) is 0 Å². The smallest absolute Gasteiger partial charge is 0.195 e. The summed E-state index contributed by atoms with van der Waals surface area (Å²) >= 11 is 5.22. The predicted molar refractivity (Wildman–Crippen MR) is 65.5 cm³/mol. The zero-order chi connectivity index (χ0) is 11.3. The van der Waals surface area contributed by atoms with Gasteiger partial charge in [0.2, 0.25) is 0 Å². The Morgan fingerprint density at radius 2 is 2.20 bits per heavy atom. The molecule has 4 heteroatoms. The van der Waals surface area contributed by atoms with Crippen molar-refractivity contribution in [3.63, 3.8) is 0 Å². The molecule has 86 valence electrons.